The van der Waals surface area contributed by atoms with E-state index < -0.39 is 0 Å². The Balaban J connectivity index is 2.01. The molecule has 1 rings (SSSR count). The van der Waals surface area contributed by atoms with Gasteiger partial charge in [-0.05, 0) is 12.3 Å². The van der Waals surface area contributed by atoms with E-state index in [1.165, 1.54) is 13.0 Å². The van der Waals surface area contributed by atoms with E-state index in [4.69, 9.17) is 4.74 Å². The van der Waals surface area contributed by atoms with E-state index in [-0.39, 0.29) is 0 Å². The van der Waals surface area contributed by atoms with E-state index in [0.717, 1.165) is 25.8 Å². The third kappa shape index (κ3) is 2.67. The van der Waals surface area contributed by atoms with Crippen molar-refractivity contribution < 1.29 is 4.74 Å². The molecule has 1 fully saturated rings. The van der Waals surface area contributed by atoms with Gasteiger partial charge in [-0.25, -0.2) is 0 Å². The molecule has 0 aliphatic carbocycles. The van der Waals surface area contributed by atoms with Gasteiger partial charge in [-0.3, -0.25) is 4.90 Å². The van der Waals surface area contributed by atoms with Gasteiger partial charge in [0.25, 0.3) is 0 Å². The maximum absolute atomic E-state index is 5.22. The Morgan fingerprint density at radius 1 is 1.50 bits per heavy atom. The fourth-order valence-corrected chi connectivity index (χ4v) is 1.07. The second-order valence-corrected chi connectivity index (χ2v) is 3.34. The van der Waals surface area contributed by atoms with Gasteiger partial charge in [-0.15, -0.1) is 0 Å². The fraction of sp³-hybridized carbons (Fsp3) is 1.00. The van der Waals surface area contributed by atoms with Gasteiger partial charge >= 0.3 is 0 Å². The normalized spacial score (nSPS) is 20.7. The highest BCUT2D eigenvalue weighted by molar-refractivity contribution is 4.59. The van der Waals surface area contributed by atoms with Gasteiger partial charge < -0.3 is 4.74 Å². The predicted octanol–water partition coefficient (Wildman–Crippen LogP) is 1.32. The van der Waals surface area contributed by atoms with Crippen LogP contribution in [0.5, 0.6) is 0 Å². The topological polar surface area (TPSA) is 12.5 Å². The van der Waals surface area contributed by atoms with Crippen molar-refractivity contribution in [2.24, 2.45) is 5.92 Å². The number of hydrogen-bond donors (Lipinski definition) is 0. The highest BCUT2D eigenvalue weighted by Gasteiger charge is 2.10. The van der Waals surface area contributed by atoms with Gasteiger partial charge in [-0.2, -0.15) is 0 Å². The summed E-state index contributed by atoms with van der Waals surface area (Å²) in [4.78, 5) is 2.36. The molecule has 10 heavy (non-hydrogen) atoms. The second-order valence-electron chi connectivity index (χ2n) is 3.34. The van der Waals surface area contributed by atoms with E-state index in [1.807, 2.05) is 0 Å². The monoisotopic (exact) mass is 143 g/mol. The van der Waals surface area contributed by atoms with Crippen molar-refractivity contribution in [3.8, 4) is 0 Å². The highest BCUT2D eigenvalue weighted by atomic mass is 16.5. The van der Waals surface area contributed by atoms with Crippen LogP contribution in [0, 0.1) is 5.92 Å². The van der Waals surface area contributed by atoms with Crippen LogP contribution in [0.3, 0.4) is 0 Å². The molecule has 60 valence electrons. The summed E-state index contributed by atoms with van der Waals surface area (Å²) in [5.41, 5.74) is 0. The molecule has 1 saturated heterocycles. The molecule has 0 bridgehead atoms. The van der Waals surface area contributed by atoms with E-state index >= 15 is 0 Å². The molecule has 0 aromatic heterocycles. The molecule has 0 N–H and O–H groups in total. The van der Waals surface area contributed by atoms with Crippen molar-refractivity contribution in [1.82, 2.24) is 4.90 Å². The molecule has 2 heteroatoms. The average molecular weight is 143 g/mol. The van der Waals surface area contributed by atoms with E-state index in [0.29, 0.717) is 0 Å². The van der Waals surface area contributed by atoms with Gasteiger partial charge in [-0.1, -0.05) is 13.8 Å². The minimum Gasteiger partial charge on any atom is -0.365 e. The molecule has 0 aromatic carbocycles. The zero-order chi connectivity index (χ0) is 7.40. The molecule has 0 atom stereocenters. The highest BCUT2D eigenvalue weighted by Crippen LogP contribution is 2.04. The maximum Gasteiger partial charge on any atom is 0.0991 e. The molecule has 2 nitrogen and oxygen atoms in total. The SMILES string of the molecule is CC(C)CCN1CCOC1. The van der Waals surface area contributed by atoms with Crippen molar-refractivity contribution in [2.75, 3.05) is 26.4 Å². The molecule has 0 amide bonds. The van der Waals surface area contributed by atoms with Crippen molar-refractivity contribution in [3.05, 3.63) is 0 Å². The van der Waals surface area contributed by atoms with Crippen LogP contribution in [0.1, 0.15) is 20.3 Å². The lowest BCUT2D eigenvalue weighted by Gasteiger charge is -2.13. The third-order valence-corrected chi connectivity index (χ3v) is 1.85. The van der Waals surface area contributed by atoms with Crippen molar-refractivity contribution in [1.29, 1.82) is 0 Å². The van der Waals surface area contributed by atoms with Gasteiger partial charge in [0.2, 0.25) is 0 Å². The average Bonchev–Trinajstić information content (AvgIpc) is 2.34. The predicted molar refractivity (Wildman–Crippen MR) is 41.8 cm³/mol. The standard InChI is InChI=1S/C8H17NO/c1-8(2)3-4-9-5-6-10-7-9/h8H,3-7H2,1-2H3. The van der Waals surface area contributed by atoms with Gasteiger partial charge in [0.05, 0.1) is 13.3 Å². The van der Waals surface area contributed by atoms with Gasteiger partial charge in [0.1, 0.15) is 0 Å². The van der Waals surface area contributed by atoms with Crippen LogP contribution in [-0.2, 0) is 4.74 Å². The summed E-state index contributed by atoms with van der Waals surface area (Å²) in [5, 5.41) is 0. The smallest absolute Gasteiger partial charge is 0.0991 e. The van der Waals surface area contributed by atoms with E-state index in [9.17, 15) is 0 Å². The summed E-state index contributed by atoms with van der Waals surface area (Å²) in [5.74, 6) is 0.820. The lowest BCUT2D eigenvalue weighted by molar-refractivity contribution is 0.138. The van der Waals surface area contributed by atoms with Crippen LogP contribution in [0.4, 0.5) is 0 Å². The Hall–Kier alpha value is -0.0800. The number of rotatable bonds is 3. The van der Waals surface area contributed by atoms with Crippen molar-refractivity contribution in [3.63, 3.8) is 0 Å². The van der Waals surface area contributed by atoms with Gasteiger partial charge in [0.15, 0.2) is 0 Å². The van der Waals surface area contributed by atoms with Crippen molar-refractivity contribution >= 4 is 0 Å². The molecular formula is C8H17NO. The Morgan fingerprint density at radius 2 is 2.30 bits per heavy atom. The van der Waals surface area contributed by atoms with Gasteiger partial charge in [0, 0.05) is 13.1 Å². The van der Waals surface area contributed by atoms with Crippen LogP contribution >= 0.6 is 0 Å². The van der Waals surface area contributed by atoms with E-state index in [2.05, 4.69) is 18.7 Å². The zero-order valence-electron chi connectivity index (χ0n) is 6.97. The summed E-state index contributed by atoms with van der Waals surface area (Å²) >= 11 is 0. The summed E-state index contributed by atoms with van der Waals surface area (Å²) in [6.45, 7) is 8.64. The van der Waals surface area contributed by atoms with Crippen LogP contribution in [0.25, 0.3) is 0 Å². The molecule has 0 spiro atoms. The Bertz CT molecular complexity index is 87.3. The minimum absolute atomic E-state index is 0.820. The molecule has 0 unspecified atom stereocenters. The minimum atomic E-state index is 0.820. The van der Waals surface area contributed by atoms with Crippen LogP contribution in [0.15, 0.2) is 0 Å². The first-order chi connectivity index (χ1) is 4.79. The van der Waals surface area contributed by atoms with Crippen molar-refractivity contribution in [2.45, 2.75) is 20.3 Å². The lowest BCUT2D eigenvalue weighted by Crippen LogP contribution is -2.22. The first kappa shape index (κ1) is 8.02. The molecule has 1 heterocycles. The zero-order valence-corrected chi connectivity index (χ0v) is 6.97. The summed E-state index contributed by atoms with van der Waals surface area (Å²) in [7, 11) is 0. The Labute approximate surface area is 63.2 Å². The third-order valence-electron chi connectivity index (χ3n) is 1.85. The first-order valence-electron chi connectivity index (χ1n) is 4.09. The maximum atomic E-state index is 5.22. The number of hydrogen-bond acceptors (Lipinski definition) is 2. The number of ether oxygens (including phenoxy) is 1. The lowest BCUT2D eigenvalue weighted by atomic mass is 10.1. The molecule has 1 aliphatic rings. The quantitative estimate of drug-likeness (QED) is 0.591. The molecule has 0 radical (unpaired) electrons. The fourth-order valence-electron chi connectivity index (χ4n) is 1.07. The molecular weight excluding hydrogens is 126 g/mol. The largest absolute Gasteiger partial charge is 0.365 e. The van der Waals surface area contributed by atoms with Crippen LogP contribution in [0.2, 0.25) is 0 Å². The van der Waals surface area contributed by atoms with Crippen LogP contribution in [-0.4, -0.2) is 31.3 Å². The first-order valence-corrected chi connectivity index (χ1v) is 4.09. The van der Waals surface area contributed by atoms with Crippen LogP contribution < -0.4 is 0 Å². The number of nitrogens with zero attached hydrogens (tertiary/aromatic N) is 1. The van der Waals surface area contributed by atoms with E-state index in [1.54, 1.807) is 0 Å². The second kappa shape index (κ2) is 3.94. The summed E-state index contributed by atoms with van der Waals surface area (Å²) in [6, 6.07) is 0. The summed E-state index contributed by atoms with van der Waals surface area (Å²) < 4.78 is 5.22. The molecule has 0 aromatic rings. The molecule has 0 saturated carbocycles. The summed E-state index contributed by atoms with van der Waals surface area (Å²) in [6.07, 6.45) is 1.30. The Morgan fingerprint density at radius 3 is 2.80 bits per heavy atom. The Kier molecular flexibility index (Phi) is 3.16. The molecule has 1 aliphatic heterocycles.